The molecule has 134 valence electrons. The highest BCUT2D eigenvalue weighted by Crippen LogP contribution is 2.09. The highest BCUT2D eigenvalue weighted by Gasteiger charge is 2.21. The molecule has 0 bridgehead atoms. The van der Waals surface area contributed by atoms with Crippen molar-refractivity contribution in [1.29, 1.82) is 0 Å². The Morgan fingerprint density at radius 2 is 1.96 bits per heavy atom. The third-order valence-electron chi connectivity index (χ3n) is 4.72. The number of hydrogen-bond acceptors (Lipinski definition) is 5. The number of aromatic nitrogens is 2. The molecule has 2 heterocycles. The lowest BCUT2D eigenvalue weighted by Crippen LogP contribution is -2.53. The lowest BCUT2D eigenvalue weighted by atomic mass is 10.2. The Labute approximate surface area is 145 Å². The molecule has 0 aromatic carbocycles. The number of aliphatic imine (C=N–C) groups is 1. The minimum absolute atomic E-state index is 0.614. The van der Waals surface area contributed by atoms with E-state index in [9.17, 15) is 0 Å². The summed E-state index contributed by atoms with van der Waals surface area (Å²) >= 11 is 0. The molecule has 1 aliphatic rings. The lowest BCUT2D eigenvalue weighted by Gasteiger charge is -2.36. The number of anilines is 1. The average molecular weight is 333 g/mol. The summed E-state index contributed by atoms with van der Waals surface area (Å²) in [6, 6.07) is 2.46. The first kappa shape index (κ1) is 18.4. The first-order chi connectivity index (χ1) is 11.7. The minimum Gasteiger partial charge on any atom is -0.355 e. The largest absolute Gasteiger partial charge is 0.355 e. The Morgan fingerprint density at radius 3 is 2.54 bits per heavy atom. The van der Waals surface area contributed by atoms with Crippen molar-refractivity contribution >= 4 is 11.9 Å². The number of nitrogens with one attached hydrogen (secondary N) is 1. The van der Waals surface area contributed by atoms with Crippen LogP contribution in [0.3, 0.4) is 0 Å². The van der Waals surface area contributed by atoms with E-state index in [2.05, 4.69) is 55.9 Å². The van der Waals surface area contributed by atoms with E-state index in [0.29, 0.717) is 6.04 Å². The van der Waals surface area contributed by atoms with Crippen LogP contribution in [0.4, 0.5) is 5.95 Å². The minimum atomic E-state index is 0.614. The van der Waals surface area contributed by atoms with Crippen LogP contribution >= 0.6 is 0 Å². The van der Waals surface area contributed by atoms with Gasteiger partial charge in [0.05, 0.1) is 0 Å². The summed E-state index contributed by atoms with van der Waals surface area (Å²) in [5.41, 5.74) is 0. The predicted octanol–water partition coefficient (Wildman–Crippen LogP) is 0.904. The number of nitrogens with zero attached hydrogens (tertiary/aromatic N) is 6. The fourth-order valence-electron chi connectivity index (χ4n) is 2.78. The molecular formula is C17H31N7. The second-order valence-electron chi connectivity index (χ2n) is 6.23. The molecule has 0 amide bonds. The molecule has 7 heteroatoms. The summed E-state index contributed by atoms with van der Waals surface area (Å²) < 4.78 is 0. The van der Waals surface area contributed by atoms with Gasteiger partial charge in [0.1, 0.15) is 0 Å². The van der Waals surface area contributed by atoms with E-state index in [1.165, 1.54) is 6.42 Å². The monoisotopic (exact) mass is 333 g/mol. The molecule has 1 aromatic heterocycles. The van der Waals surface area contributed by atoms with Gasteiger partial charge in [0.25, 0.3) is 0 Å². The second kappa shape index (κ2) is 9.42. The fourth-order valence-corrected chi connectivity index (χ4v) is 2.78. The Balaban J connectivity index is 1.77. The highest BCUT2D eigenvalue weighted by molar-refractivity contribution is 5.80. The molecule has 0 radical (unpaired) electrons. The zero-order chi connectivity index (χ0) is 17.4. The van der Waals surface area contributed by atoms with Crippen LogP contribution in [0.5, 0.6) is 0 Å². The van der Waals surface area contributed by atoms with Crippen LogP contribution in [-0.4, -0.2) is 85.1 Å². The molecule has 1 unspecified atom stereocenters. The van der Waals surface area contributed by atoms with Crippen molar-refractivity contribution in [1.82, 2.24) is 25.1 Å². The normalized spacial score (nSPS) is 17.3. The first-order valence-corrected chi connectivity index (χ1v) is 8.83. The van der Waals surface area contributed by atoms with Crippen LogP contribution in [0.1, 0.15) is 20.3 Å². The summed E-state index contributed by atoms with van der Waals surface area (Å²) in [6.45, 7) is 10.1. The van der Waals surface area contributed by atoms with Crippen LogP contribution in [0.25, 0.3) is 0 Å². The van der Waals surface area contributed by atoms with Crippen LogP contribution < -0.4 is 10.2 Å². The molecule has 1 aliphatic heterocycles. The van der Waals surface area contributed by atoms with Gasteiger partial charge in [-0.25, -0.2) is 9.97 Å². The highest BCUT2D eigenvalue weighted by atomic mass is 15.4. The van der Waals surface area contributed by atoms with Crippen LogP contribution in [-0.2, 0) is 0 Å². The van der Waals surface area contributed by atoms with E-state index in [1.54, 1.807) is 12.4 Å². The van der Waals surface area contributed by atoms with E-state index in [4.69, 9.17) is 0 Å². The van der Waals surface area contributed by atoms with Gasteiger partial charge in [-0.15, -0.1) is 0 Å². The summed E-state index contributed by atoms with van der Waals surface area (Å²) in [5, 5.41) is 3.49. The molecule has 2 rings (SSSR count). The van der Waals surface area contributed by atoms with Gasteiger partial charge in [-0.2, -0.15) is 0 Å². The Hall–Kier alpha value is -1.89. The zero-order valence-electron chi connectivity index (χ0n) is 15.4. The molecule has 1 saturated heterocycles. The summed E-state index contributed by atoms with van der Waals surface area (Å²) in [5.74, 6) is 1.80. The Morgan fingerprint density at radius 1 is 1.29 bits per heavy atom. The molecule has 0 aliphatic carbocycles. The zero-order valence-corrected chi connectivity index (χ0v) is 15.4. The van der Waals surface area contributed by atoms with Gasteiger partial charge in [-0.1, -0.05) is 6.92 Å². The van der Waals surface area contributed by atoms with Crippen molar-refractivity contribution in [2.75, 3.05) is 58.3 Å². The third kappa shape index (κ3) is 5.06. The third-order valence-corrected chi connectivity index (χ3v) is 4.72. The average Bonchev–Trinajstić information content (AvgIpc) is 2.65. The van der Waals surface area contributed by atoms with Crippen LogP contribution in [0.2, 0.25) is 0 Å². The summed E-state index contributed by atoms with van der Waals surface area (Å²) in [7, 11) is 4.03. The smallest absolute Gasteiger partial charge is 0.225 e. The van der Waals surface area contributed by atoms with Crippen LogP contribution in [0.15, 0.2) is 23.5 Å². The fraction of sp³-hybridized carbons (Fsp3) is 0.706. The quantitative estimate of drug-likeness (QED) is 0.617. The van der Waals surface area contributed by atoms with E-state index in [1.807, 2.05) is 13.1 Å². The molecule has 1 aromatic rings. The van der Waals surface area contributed by atoms with Crippen molar-refractivity contribution in [3.05, 3.63) is 18.5 Å². The molecule has 1 fully saturated rings. The van der Waals surface area contributed by atoms with Crippen LogP contribution in [0, 0.1) is 0 Å². The number of piperazine rings is 1. The number of hydrogen-bond donors (Lipinski definition) is 1. The maximum atomic E-state index is 4.43. The Kier molecular flexibility index (Phi) is 7.24. The lowest BCUT2D eigenvalue weighted by molar-refractivity contribution is 0.254. The van der Waals surface area contributed by atoms with E-state index < -0.39 is 0 Å². The van der Waals surface area contributed by atoms with Gasteiger partial charge in [0.2, 0.25) is 5.95 Å². The van der Waals surface area contributed by atoms with Gasteiger partial charge in [-0.3, -0.25) is 4.99 Å². The molecule has 7 nitrogen and oxygen atoms in total. The van der Waals surface area contributed by atoms with Crippen molar-refractivity contribution in [3.63, 3.8) is 0 Å². The van der Waals surface area contributed by atoms with Gasteiger partial charge in [0, 0.05) is 64.8 Å². The summed E-state index contributed by atoms with van der Waals surface area (Å²) in [6.07, 6.45) is 4.76. The number of guanidine groups is 1. The molecule has 0 saturated carbocycles. The molecule has 1 N–H and O–H groups in total. The first-order valence-electron chi connectivity index (χ1n) is 8.83. The summed E-state index contributed by atoms with van der Waals surface area (Å²) in [4.78, 5) is 20.0. The van der Waals surface area contributed by atoms with Crippen molar-refractivity contribution in [2.24, 2.45) is 4.99 Å². The van der Waals surface area contributed by atoms with Crippen molar-refractivity contribution in [2.45, 2.75) is 26.3 Å². The van der Waals surface area contributed by atoms with Gasteiger partial charge in [-0.05, 0) is 26.5 Å². The molecule has 1 atom stereocenters. The Bertz CT molecular complexity index is 497. The van der Waals surface area contributed by atoms with Gasteiger partial charge in [0.15, 0.2) is 5.96 Å². The topological polar surface area (TPSA) is 59.9 Å². The van der Waals surface area contributed by atoms with E-state index in [0.717, 1.165) is 51.2 Å². The number of rotatable bonds is 6. The SMILES string of the molecule is CCC(C)N(C)CCNC(=NC)N1CCN(c2ncccn2)CC1. The second-order valence-corrected chi connectivity index (χ2v) is 6.23. The van der Waals surface area contributed by atoms with Gasteiger partial charge < -0.3 is 20.0 Å². The molecule has 24 heavy (non-hydrogen) atoms. The molecular weight excluding hydrogens is 302 g/mol. The number of likely N-dealkylation sites (N-methyl/N-ethyl adjacent to an activating group) is 1. The van der Waals surface area contributed by atoms with Crippen molar-refractivity contribution in [3.8, 4) is 0 Å². The standard InChI is InChI=1S/C17H31N7/c1-5-15(2)22(4)10-9-21-16(18-3)23-11-13-24(14-12-23)17-19-7-6-8-20-17/h6-8,15H,5,9-14H2,1-4H3,(H,18,21). The molecule has 0 spiro atoms. The maximum Gasteiger partial charge on any atom is 0.225 e. The predicted molar refractivity (Wildman–Crippen MR) is 99.6 cm³/mol. The maximum absolute atomic E-state index is 4.43. The van der Waals surface area contributed by atoms with E-state index in [-0.39, 0.29) is 0 Å². The van der Waals surface area contributed by atoms with Crippen molar-refractivity contribution < 1.29 is 0 Å². The van der Waals surface area contributed by atoms with Gasteiger partial charge >= 0.3 is 0 Å². The van der Waals surface area contributed by atoms with E-state index >= 15 is 0 Å².